The van der Waals surface area contributed by atoms with E-state index in [0.29, 0.717) is 5.92 Å². The number of benzene rings is 1. The second kappa shape index (κ2) is 7.93. The van der Waals surface area contributed by atoms with Crippen molar-refractivity contribution in [2.75, 3.05) is 39.3 Å². The van der Waals surface area contributed by atoms with Crippen molar-refractivity contribution < 1.29 is 4.79 Å². The van der Waals surface area contributed by atoms with E-state index in [-0.39, 0.29) is 5.91 Å². The molecule has 1 fully saturated rings. The van der Waals surface area contributed by atoms with Gasteiger partial charge in [0.15, 0.2) is 0 Å². The minimum absolute atomic E-state index is 0.0860. The summed E-state index contributed by atoms with van der Waals surface area (Å²) >= 11 is 0. The van der Waals surface area contributed by atoms with Crippen molar-refractivity contribution in [1.82, 2.24) is 15.5 Å². The molecule has 0 saturated carbocycles. The molecule has 0 radical (unpaired) electrons. The molecule has 0 bridgehead atoms. The number of fused-ring (bicyclic) bond motifs is 1. The number of hydrogen-bond donors (Lipinski definition) is 2. The van der Waals surface area contributed by atoms with E-state index in [4.69, 9.17) is 0 Å². The number of piperidine rings is 1. The molecule has 2 aliphatic heterocycles. The minimum Gasteiger partial charge on any atom is -0.352 e. The average molecular weight is 315 g/mol. The van der Waals surface area contributed by atoms with Gasteiger partial charge in [0.2, 0.25) is 0 Å². The molecule has 2 N–H and O–H groups in total. The molecule has 0 spiro atoms. The first-order chi connectivity index (χ1) is 11.3. The van der Waals surface area contributed by atoms with Crippen molar-refractivity contribution in [3.05, 3.63) is 34.9 Å². The van der Waals surface area contributed by atoms with Crippen molar-refractivity contribution in [3.63, 3.8) is 0 Å². The molecule has 1 amide bonds. The number of amides is 1. The second-order valence-corrected chi connectivity index (χ2v) is 6.82. The molecular weight excluding hydrogens is 286 g/mol. The Balaban J connectivity index is 1.60. The SMILES string of the molecule is CCN1CCc2ccc(C(=O)NCC3CCNCC3)cc2CC1. The number of carbonyl (C=O) groups excluding carboxylic acids is 1. The summed E-state index contributed by atoms with van der Waals surface area (Å²) in [6.45, 7) is 8.52. The van der Waals surface area contributed by atoms with Crippen LogP contribution in [0.2, 0.25) is 0 Å². The Bertz CT molecular complexity index is 537. The maximum Gasteiger partial charge on any atom is 0.251 e. The van der Waals surface area contributed by atoms with Gasteiger partial charge in [-0.25, -0.2) is 0 Å². The third-order valence-corrected chi connectivity index (χ3v) is 5.32. The molecule has 23 heavy (non-hydrogen) atoms. The summed E-state index contributed by atoms with van der Waals surface area (Å²) < 4.78 is 0. The predicted octanol–water partition coefficient (Wildman–Crippen LogP) is 1.84. The molecular formula is C19H29N3O. The van der Waals surface area contributed by atoms with Gasteiger partial charge in [-0.15, -0.1) is 0 Å². The Kier molecular flexibility index (Phi) is 5.68. The average Bonchev–Trinajstić information content (AvgIpc) is 2.82. The number of nitrogens with zero attached hydrogens (tertiary/aromatic N) is 1. The van der Waals surface area contributed by atoms with Gasteiger partial charge in [-0.05, 0) is 74.5 Å². The highest BCUT2D eigenvalue weighted by atomic mass is 16.1. The largest absolute Gasteiger partial charge is 0.352 e. The van der Waals surface area contributed by atoms with Crippen LogP contribution in [0, 0.1) is 5.92 Å². The van der Waals surface area contributed by atoms with Gasteiger partial charge in [0.25, 0.3) is 5.91 Å². The molecule has 2 aliphatic rings. The van der Waals surface area contributed by atoms with Crippen LogP contribution in [0.3, 0.4) is 0 Å². The lowest BCUT2D eigenvalue weighted by molar-refractivity contribution is 0.0944. The predicted molar refractivity (Wildman–Crippen MR) is 93.9 cm³/mol. The topological polar surface area (TPSA) is 44.4 Å². The normalized spacial score (nSPS) is 19.9. The first-order valence-electron chi connectivity index (χ1n) is 9.09. The summed E-state index contributed by atoms with van der Waals surface area (Å²) in [4.78, 5) is 14.9. The highest BCUT2D eigenvalue weighted by Crippen LogP contribution is 2.18. The first kappa shape index (κ1) is 16.5. The fourth-order valence-electron chi connectivity index (χ4n) is 3.65. The Morgan fingerprint density at radius 1 is 1.22 bits per heavy atom. The first-order valence-corrected chi connectivity index (χ1v) is 9.09. The molecule has 1 saturated heterocycles. The van der Waals surface area contributed by atoms with Gasteiger partial charge in [0.1, 0.15) is 0 Å². The van der Waals surface area contributed by atoms with Crippen molar-refractivity contribution in [3.8, 4) is 0 Å². The van der Waals surface area contributed by atoms with Crippen LogP contribution in [0.1, 0.15) is 41.3 Å². The maximum absolute atomic E-state index is 12.4. The van der Waals surface area contributed by atoms with Gasteiger partial charge in [0.05, 0.1) is 0 Å². The van der Waals surface area contributed by atoms with E-state index in [1.165, 1.54) is 11.1 Å². The molecule has 4 nitrogen and oxygen atoms in total. The van der Waals surface area contributed by atoms with Crippen molar-refractivity contribution in [2.24, 2.45) is 5.92 Å². The van der Waals surface area contributed by atoms with Gasteiger partial charge < -0.3 is 15.5 Å². The quantitative estimate of drug-likeness (QED) is 0.891. The highest BCUT2D eigenvalue weighted by molar-refractivity contribution is 5.94. The molecule has 4 heteroatoms. The third-order valence-electron chi connectivity index (χ3n) is 5.32. The van der Waals surface area contributed by atoms with Crippen molar-refractivity contribution >= 4 is 5.91 Å². The van der Waals surface area contributed by atoms with Gasteiger partial charge in [0, 0.05) is 25.2 Å². The number of rotatable bonds is 4. The van der Waals surface area contributed by atoms with Gasteiger partial charge >= 0.3 is 0 Å². The lowest BCUT2D eigenvalue weighted by Gasteiger charge is -2.22. The van der Waals surface area contributed by atoms with Crippen LogP contribution in [0.15, 0.2) is 18.2 Å². The fourth-order valence-corrected chi connectivity index (χ4v) is 3.65. The van der Waals surface area contributed by atoms with Crippen LogP contribution in [0.4, 0.5) is 0 Å². The number of hydrogen-bond acceptors (Lipinski definition) is 3. The monoisotopic (exact) mass is 315 g/mol. The molecule has 1 aromatic rings. The molecule has 3 rings (SSSR count). The van der Waals surface area contributed by atoms with Gasteiger partial charge in [-0.2, -0.15) is 0 Å². The van der Waals surface area contributed by atoms with Crippen LogP contribution < -0.4 is 10.6 Å². The zero-order chi connectivity index (χ0) is 16.1. The molecule has 0 unspecified atom stereocenters. The minimum atomic E-state index is 0.0860. The van der Waals surface area contributed by atoms with Gasteiger partial charge in [-0.3, -0.25) is 4.79 Å². The zero-order valence-corrected chi connectivity index (χ0v) is 14.2. The third kappa shape index (κ3) is 4.33. The van der Waals surface area contributed by atoms with E-state index in [1.807, 2.05) is 6.07 Å². The van der Waals surface area contributed by atoms with Crippen molar-refractivity contribution in [1.29, 1.82) is 0 Å². The fraction of sp³-hybridized carbons (Fsp3) is 0.632. The maximum atomic E-state index is 12.4. The van der Waals surface area contributed by atoms with Crippen LogP contribution >= 0.6 is 0 Å². The Labute approximate surface area is 139 Å². The molecule has 0 aliphatic carbocycles. The zero-order valence-electron chi connectivity index (χ0n) is 14.2. The van der Waals surface area contributed by atoms with Gasteiger partial charge in [-0.1, -0.05) is 13.0 Å². The van der Waals surface area contributed by atoms with Crippen LogP contribution in [-0.4, -0.2) is 50.1 Å². The summed E-state index contributed by atoms with van der Waals surface area (Å²) in [5.74, 6) is 0.710. The van der Waals surface area contributed by atoms with E-state index in [0.717, 1.165) is 70.5 Å². The van der Waals surface area contributed by atoms with E-state index in [2.05, 4.69) is 34.6 Å². The number of likely N-dealkylation sites (N-methyl/N-ethyl adjacent to an activating group) is 1. The van der Waals surface area contributed by atoms with E-state index in [9.17, 15) is 4.79 Å². The smallest absolute Gasteiger partial charge is 0.251 e. The molecule has 1 aromatic carbocycles. The number of carbonyl (C=O) groups is 1. The summed E-state index contributed by atoms with van der Waals surface area (Å²) in [6.07, 6.45) is 4.48. The Morgan fingerprint density at radius 3 is 2.70 bits per heavy atom. The Hall–Kier alpha value is -1.39. The van der Waals surface area contributed by atoms with Crippen LogP contribution in [-0.2, 0) is 12.8 Å². The second-order valence-electron chi connectivity index (χ2n) is 6.82. The molecule has 0 aromatic heterocycles. The number of nitrogens with one attached hydrogen (secondary N) is 2. The van der Waals surface area contributed by atoms with Crippen molar-refractivity contribution in [2.45, 2.75) is 32.6 Å². The van der Waals surface area contributed by atoms with E-state index >= 15 is 0 Å². The Morgan fingerprint density at radius 2 is 1.96 bits per heavy atom. The summed E-state index contributed by atoms with van der Waals surface area (Å²) in [5, 5.41) is 6.50. The standard InChI is InChI=1S/C19H29N3O/c1-2-22-11-7-16-3-4-18(13-17(16)8-12-22)19(23)21-14-15-5-9-20-10-6-15/h3-4,13,15,20H,2,5-12,14H2,1H3,(H,21,23). The van der Waals surface area contributed by atoms with Crippen LogP contribution in [0.25, 0.3) is 0 Å². The summed E-state index contributed by atoms with van der Waals surface area (Å²) in [7, 11) is 0. The van der Waals surface area contributed by atoms with E-state index in [1.54, 1.807) is 0 Å². The lowest BCUT2D eigenvalue weighted by Crippen LogP contribution is -2.36. The molecule has 126 valence electrons. The molecule has 2 heterocycles. The summed E-state index contributed by atoms with van der Waals surface area (Å²) in [5.41, 5.74) is 3.59. The lowest BCUT2D eigenvalue weighted by atomic mass is 9.97. The highest BCUT2D eigenvalue weighted by Gasteiger charge is 2.17. The van der Waals surface area contributed by atoms with E-state index < -0.39 is 0 Å². The molecule has 0 atom stereocenters. The van der Waals surface area contributed by atoms with Crippen LogP contribution in [0.5, 0.6) is 0 Å². The summed E-state index contributed by atoms with van der Waals surface area (Å²) in [6, 6.07) is 6.28.